The van der Waals surface area contributed by atoms with Gasteiger partial charge in [-0.3, -0.25) is 4.18 Å². The van der Waals surface area contributed by atoms with E-state index >= 15 is 0 Å². The Labute approximate surface area is 92.9 Å². The molecule has 88 valence electrons. The van der Waals surface area contributed by atoms with E-state index in [-0.39, 0.29) is 0 Å². The second-order valence-corrected chi connectivity index (χ2v) is 3.96. The predicted molar refractivity (Wildman–Crippen MR) is 53.1 cm³/mol. The number of fused-ring (bicyclic) bond motifs is 1. The van der Waals surface area contributed by atoms with Gasteiger partial charge in [-0.2, -0.15) is 0 Å². The van der Waals surface area contributed by atoms with Gasteiger partial charge in [0.1, 0.15) is 12.4 Å². The maximum atomic E-state index is 9.22. The van der Waals surface area contributed by atoms with Gasteiger partial charge in [0.25, 0.3) is 0 Å². The standard InChI is InChI=1S/C7H8N3.CH4O4S/c1-9-5-6-10-4-2-3-8-7(9)10;1-5-6(2,3)4/h2-6H,1H3;1H3,(H,2,3,4)/q+1;/p-1. The summed E-state index contributed by atoms with van der Waals surface area (Å²) in [5.41, 5.74) is 0. The van der Waals surface area contributed by atoms with Crippen molar-refractivity contribution in [3.63, 3.8) is 0 Å². The van der Waals surface area contributed by atoms with Gasteiger partial charge < -0.3 is 4.55 Å². The lowest BCUT2D eigenvalue weighted by Crippen LogP contribution is -2.26. The Bertz CT molecular complexity index is 563. The van der Waals surface area contributed by atoms with E-state index in [1.54, 1.807) is 6.20 Å². The molecule has 0 amide bonds. The highest BCUT2D eigenvalue weighted by atomic mass is 32.3. The van der Waals surface area contributed by atoms with Gasteiger partial charge in [-0.25, -0.2) is 17.4 Å². The highest BCUT2D eigenvalue weighted by Crippen LogP contribution is 1.89. The van der Waals surface area contributed by atoms with E-state index in [0.717, 1.165) is 12.9 Å². The number of aromatic nitrogens is 3. The van der Waals surface area contributed by atoms with Crippen LogP contribution in [0.5, 0.6) is 0 Å². The summed E-state index contributed by atoms with van der Waals surface area (Å²) in [7, 11) is -1.63. The van der Waals surface area contributed by atoms with Gasteiger partial charge in [0.15, 0.2) is 0 Å². The molecule has 0 saturated carbocycles. The summed E-state index contributed by atoms with van der Waals surface area (Å²) >= 11 is 0. The fraction of sp³-hybridized carbons (Fsp3) is 0.250. The van der Waals surface area contributed by atoms with Crippen molar-refractivity contribution in [3.05, 3.63) is 30.9 Å². The molecule has 2 aromatic rings. The van der Waals surface area contributed by atoms with E-state index in [1.807, 2.05) is 40.7 Å². The lowest BCUT2D eigenvalue weighted by atomic mass is 10.7. The van der Waals surface area contributed by atoms with Gasteiger partial charge in [-0.15, -0.1) is 0 Å². The van der Waals surface area contributed by atoms with E-state index in [4.69, 9.17) is 0 Å². The molecule has 0 bridgehead atoms. The van der Waals surface area contributed by atoms with Gasteiger partial charge in [0.05, 0.1) is 26.6 Å². The van der Waals surface area contributed by atoms with Crippen LogP contribution < -0.4 is 4.57 Å². The third-order valence-electron chi connectivity index (χ3n) is 1.72. The summed E-state index contributed by atoms with van der Waals surface area (Å²) in [5.74, 6) is 0.961. The molecular weight excluding hydrogens is 234 g/mol. The third-order valence-corrected chi connectivity index (χ3v) is 2.13. The first-order chi connectivity index (χ1) is 7.44. The van der Waals surface area contributed by atoms with Gasteiger partial charge in [-0.05, 0) is 0 Å². The van der Waals surface area contributed by atoms with Crippen LogP contribution in [-0.4, -0.2) is 29.5 Å². The topological polar surface area (TPSA) is 87.6 Å². The number of rotatable bonds is 1. The normalized spacial score (nSPS) is 10.9. The molecule has 0 saturated heterocycles. The number of hydrogen-bond donors (Lipinski definition) is 0. The van der Waals surface area contributed by atoms with Crippen molar-refractivity contribution in [3.8, 4) is 0 Å². The zero-order chi connectivity index (χ0) is 12.2. The molecule has 0 atom stereocenters. The van der Waals surface area contributed by atoms with Crippen LogP contribution in [0.1, 0.15) is 0 Å². The number of aryl methyl sites for hydroxylation is 1. The van der Waals surface area contributed by atoms with Gasteiger partial charge in [0.2, 0.25) is 10.4 Å². The van der Waals surface area contributed by atoms with E-state index < -0.39 is 10.4 Å². The van der Waals surface area contributed by atoms with Crippen LogP contribution in [-0.2, 0) is 21.6 Å². The van der Waals surface area contributed by atoms with E-state index in [9.17, 15) is 13.0 Å². The average Bonchev–Trinajstić information content (AvgIpc) is 2.61. The predicted octanol–water partition coefficient (Wildman–Crippen LogP) is -0.748. The molecule has 0 spiro atoms. The van der Waals surface area contributed by atoms with Crippen molar-refractivity contribution in [1.82, 2.24) is 9.38 Å². The van der Waals surface area contributed by atoms with E-state index in [1.165, 1.54) is 0 Å². The molecule has 2 heterocycles. The number of hydrogen-bond acceptors (Lipinski definition) is 5. The van der Waals surface area contributed by atoms with Crippen LogP contribution in [0, 0.1) is 0 Å². The molecule has 0 aromatic carbocycles. The highest BCUT2D eigenvalue weighted by Gasteiger charge is 2.02. The Kier molecular flexibility index (Phi) is 3.93. The molecule has 8 heteroatoms. The number of nitrogens with zero attached hydrogens (tertiary/aromatic N) is 3. The highest BCUT2D eigenvalue weighted by molar-refractivity contribution is 7.80. The minimum Gasteiger partial charge on any atom is -0.726 e. The van der Waals surface area contributed by atoms with Crippen LogP contribution in [0.2, 0.25) is 0 Å². The molecule has 7 nitrogen and oxygen atoms in total. The summed E-state index contributed by atoms with van der Waals surface area (Å²) < 4.78 is 35.0. The van der Waals surface area contributed by atoms with Crippen LogP contribution in [0.4, 0.5) is 0 Å². The van der Waals surface area contributed by atoms with E-state index in [0.29, 0.717) is 0 Å². The SMILES string of the molecule is COS(=O)(=O)[O-].C[n+]1ccn2cccnc21. The zero-order valence-corrected chi connectivity index (χ0v) is 9.59. The first kappa shape index (κ1) is 12.6. The summed E-state index contributed by atoms with van der Waals surface area (Å²) in [6, 6.07) is 1.91. The third kappa shape index (κ3) is 3.57. The molecule has 16 heavy (non-hydrogen) atoms. The Morgan fingerprint density at radius 3 is 2.62 bits per heavy atom. The second-order valence-electron chi connectivity index (χ2n) is 2.81. The Balaban J connectivity index is 0.000000187. The minimum atomic E-state index is -4.41. The smallest absolute Gasteiger partial charge is 0.402 e. The molecule has 0 unspecified atom stereocenters. The lowest BCUT2D eigenvalue weighted by molar-refractivity contribution is -0.646. The van der Waals surface area contributed by atoms with Crippen molar-refractivity contribution in [2.45, 2.75) is 0 Å². The summed E-state index contributed by atoms with van der Waals surface area (Å²) in [6.07, 6.45) is 7.71. The summed E-state index contributed by atoms with van der Waals surface area (Å²) in [4.78, 5) is 4.17. The van der Waals surface area contributed by atoms with Gasteiger partial charge >= 0.3 is 5.78 Å². The summed E-state index contributed by atoms with van der Waals surface area (Å²) in [6.45, 7) is 0. The fourth-order valence-corrected chi connectivity index (χ4v) is 1.00. The largest absolute Gasteiger partial charge is 0.726 e. The second kappa shape index (κ2) is 5.01. The quantitative estimate of drug-likeness (QED) is 0.375. The maximum Gasteiger partial charge on any atom is 0.402 e. The molecule has 0 fully saturated rings. The molecule has 0 aliphatic rings. The molecule has 0 aliphatic carbocycles. The monoisotopic (exact) mass is 245 g/mol. The summed E-state index contributed by atoms with van der Waals surface area (Å²) in [5, 5.41) is 0. The molecule has 2 rings (SSSR count). The first-order valence-electron chi connectivity index (χ1n) is 4.23. The van der Waals surface area contributed by atoms with Crippen LogP contribution in [0.25, 0.3) is 5.78 Å². The van der Waals surface area contributed by atoms with Crippen LogP contribution in [0.3, 0.4) is 0 Å². The van der Waals surface area contributed by atoms with E-state index in [2.05, 4.69) is 9.17 Å². The Morgan fingerprint density at radius 1 is 1.50 bits per heavy atom. The fourth-order valence-electron chi connectivity index (χ4n) is 1.00. The van der Waals surface area contributed by atoms with Crippen molar-refractivity contribution < 1.29 is 21.7 Å². The van der Waals surface area contributed by atoms with Crippen molar-refractivity contribution in [2.75, 3.05) is 7.11 Å². The molecule has 0 N–H and O–H groups in total. The van der Waals surface area contributed by atoms with Crippen molar-refractivity contribution in [2.24, 2.45) is 7.05 Å². The lowest BCUT2D eigenvalue weighted by Gasteiger charge is -1.98. The van der Waals surface area contributed by atoms with Crippen molar-refractivity contribution in [1.29, 1.82) is 0 Å². The molecular formula is C8H11N3O4S. The van der Waals surface area contributed by atoms with Crippen LogP contribution >= 0.6 is 0 Å². The van der Waals surface area contributed by atoms with Gasteiger partial charge in [-0.1, -0.05) is 4.98 Å². The number of imidazole rings is 1. The van der Waals surface area contributed by atoms with Gasteiger partial charge in [0, 0.05) is 6.07 Å². The molecule has 0 aliphatic heterocycles. The Morgan fingerprint density at radius 2 is 2.12 bits per heavy atom. The first-order valence-corrected chi connectivity index (χ1v) is 5.56. The molecule has 2 aromatic heterocycles. The molecule has 0 radical (unpaired) electrons. The Hall–Kier alpha value is -1.51. The average molecular weight is 245 g/mol. The van der Waals surface area contributed by atoms with Crippen molar-refractivity contribution >= 4 is 16.2 Å². The maximum absolute atomic E-state index is 9.22. The zero-order valence-electron chi connectivity index (χ0n) is 8.77. The minimum absolute atomic E-state index is 0.808. The van der Waals surface area contributed by atoms with Crippen LogP contribution in [0.15, 0.2) is 30.9 Å².